The zero-order valence-electron chi connectivity index (χ0n) is 11.9. The average Bonchev–Trinajstić information content (AvgIpc) is 2.89. The lowest BCUT2D eigenvalue weighted by Gasteiger charge is -2.17. The Bertz CT molecular complexity index is 481. The van der Waals surface area contributed by atoms with Crippen LogP contribution in [0.5, 0.6) is 0 Å². The summed E-state index contributed by atoms with van der Waals surface area (Å²) in [5, 5.41) is 3.48. The molecule has 0 spiro atoms. The number of pyridine rings is 1. The molecule has 1 N–H and O–H groups in total. The second kappa shape index (κ2) is 6.90. The Kier molecular flexibility index (Phi) is 5.20. The Balaban J connectivity index is 2.11. The molecule has 2 rings (SSSR count). The second-order valence-corrected chi connectivity index (χ2v) is 5.33. The van der Waals surface area contributed by atoms with E-state index in [9.17, 15) is 4.79 Å². The first-order valence-corrected chi connectivity index (χ1v) is 7.22. The minimum Gasteiger partial charge on any atom is -0.384 e. The number of nitrogens with zero attached hydrogens (tertiary/aromatic N) is 2. The molecule has 5 nitrogen and oxygen atoms in total. The van der Waals surface area contributed by atoms with Gasteiger partial charge in [-0.3, -0.25) is 4.79 Å². The van der Waals surface area contributed by atoms with Gasteiger partial charge in [-0.1, -0.05) is 11.6 Å². The van der Waals surface area contributed by atoms with E-state index in [0.717, 1.165) is 19.5 Å². The van der Waals surface area contributed by atoms with Crippen LogP contribution in [-0.2, 0) is 4.74 Å². The molecule has 1 aliphatic rings. The van der Waals surface area contributed by atoms with Gasteiger partial charge in [-0.05, 0) is 25.5 Å². The summed E-state index contributed by atoms with van der Waals surface area (Å²) in [7, 11) is 1.68. The molecule has 110 valence electrons. The van der Waals surface area contributed by atoms with Gasteiger partial charge >= 0.3 is 0 Å². The highest BCUT2D eigenvalue weighted by Gasteiger charge is 2.28. The molecule has 1 amide bonds. The fraction of sp³-hybridized carbons (Fsp3) is 0.571. The SMILES string of the molecule is CCNc1ccc(Cl)c(C(=O)N2CCC(COC)C2)n1. The molecule has 6 heteroatoms. The highest BCUT2D eigenvalue weighted by molar-refractivity contribution is 6.33. The number of hydrogen-bond acceptors (Lipinski definition) is 4. The first-order chi connectivity index (χ1) is 9.65. The summed E-state index contributed by atoms with van der Waals surface area (Å²) < 4.78 is 5.14. The van der Waals surface area contributed by atoms with Gasteiger partial charge < -0.3 is 15.0 Å². The standard InChI is InChI=1S/C14H20ClN3O2/c1-3-16-12-5-4-11(15)13(17-12)14(19)18-7-6-10(8-18)9-20-2/h4-5,10H,3,6-9H2,1-2H3,(H,16,17). The number of halogens is 1. The number of carbonyl (C=O) groups is 1. The van der Waals surface area contributed by atoms with Gasteiger partial charge in [0.05, 0.1) is 11.6 Å². The van der Waals surface area contributed by atoms with Gasteiger partial charge in [0.2, 0.25) is 0 Å². The Hall–Kier alpha value is -1.33. The van der Waals surface area contributed by atoms with Gasteiger partial charge in [-0.15, -0.1) is 0 Å². The molecular formula is C14H20ClN3O2. The van der Waals surface area contributed by atoms with Crippen molar-refractivity contribution in [3.63, 3.8) is 0 Å². The molecule has 1 aromatic rings. The van der Waals surface area contributed by atoms with E-state index >= 15 is 0 Å². The highest BCUT2D eigenvalue weighted by atomic mass is 35.5. The molecule has 1 saturated heterocycles. The van der Waals surface area contributed by atoms with Gasteiger partial charge in [0, 0.05) is 32.7 Å². The van der Waals surface area contributed by atoms with Crippen LogP contribution in [0.15, 0.2) is 12.1 Å². The van der Waals surface area contributed by atoms with Crippen LogP contribution in [0.3, 0.4) is 0 Å². The summed E-state index contributed by atoms with van der Waals surface area (Å²) in [6.45, 7) is 4.85. The molecule has 1 unspecified atom stereocenters. The lowest BCUT2D eigenvalue weighted by atomic mass is 10.1. The summed E-state index contributed by atoms with van der Waals surface area (Å²) in [6.07, 6.45) is 0.962. The summed E-state index contributed by atoms with van der Waals surface area (Å²) in [5.41, 5.74) is 0.322. The fourth-order valence-electron chi connectivity index (χ4n) is 2.41. The third-order valence-electron chi connectivity index (χ3n) is 3.38. The number of carbonyl (C=O) groups excluding carboxylic acids is 1. The first-order valence-electron chi connectivity index (χ1n) is 6.84. The molecule has 0 bridgehead atoms. The number of likely N-dealkylation sites (tertiary alicyclic amines) is 1. The van der Waals surface area contributed by atoms with E-state index in [1.54, 1.807) is 24.1 Å². The van der Waals surface area contributed by atoms with Crippen molar-refractivity contribution < 1.29 is 9.53 Å². The van der Waals surface area contributed by atoms with Crippen molar-refractivity contribution in [2.24, 2.45) is 5.92 Å². The number of ether oxygens (including phenoxy) is 1. The second-order valence-electron chi connectivity index (χ2n) is 4.92. The van der Waals surface area contributed by atoms with E-state index in [1.165, 1.54) is 0 Å². The third-order valence-corrected chi connectivity index (χ3v) is 3.69. The van der Waals surface area contributed by atoms with Crippen molar-refractivity contribution >= 4 is 23.3 Å². The molecule has 0 aromatic carbocycles. The van der Waals surface area contributed by atoms with E-state index in [4.69, 9.17) is 16.3 Å². The van der Waals surface area contributed by atoms with E-state index in [0.29, 0.717) is 35.6 Å². The predicted octanol–water partition coefficient (Wildman–Crippen LogP) is 2.28. The van der Waals surface area contributed by atoms with Gasteiger partial charge in [0.15, 0.2) is 0 Å². The molecule has 0 saturated carbocycles. The predicted molar refractivity (Wildman–Crippen MR) is 79.3 cm³/mol. The number of hydrogen-bond donors (Lipinski definition) is 1. The number of methoxy groups -OCH3 is 1. The van der Waals surface area contributed by atoms with Crippen LogP contribution in [0, 0.1) is 5.92 Å². The molecule has 0 aliphatic carbocycles. The molecule has 1 aromatic heterocycles. The highest BCUT2D eigenvalue weighted by Crippen LogP contribution is 2.23. The smallest absolute Gasteiger partial charge is 0.274 e. The maximum Gasteiger partial charge on any atom is 0.274 e. The van der Waals surface area contributed by atoms with Crippen LogP contribution < -0.4 is 5.32 Å². The number of amides is 1. The summed E-state index contributed by atoms with van der Waals surface area (Å²) in [5.74, 6) is 0.973. The number of aromatic nitrogens is 1. The topological polar surface area (TPSA) is 54.5 Å². The van der Waals surface area contributed by atoms with Crippen molar-refractivity contribution in [3.05, 3.63) is 22.8 Å². The molecule has 20 heavy (non-hydrogen) atoms. The fourth-order valence-corrected chi connectivity index (χ4v) is 2.60. The Morgan fingerprint density at radius 2 is 2.40 bits per heavy atom. The number of rotatable bonds is 5. The van der Waals surface area contributed by atoms with Gasteiger partial charge in [-0.25, -0.2) is 4.98 Å². The largest absolute Gasteiger partial charge is 0.384 e. The minimum absolute atomic E-state index is 0.103. The zero-order valence-corrected chi connectivity index (χ0v) is 12.6. The monoisotopic (exact) mass is 297 g/mol. The normalized spacial score (nSPS) is 18.4. The van der Waals surface area contributed by atoms with E-state index in [1.807, 2.05) is 6.92 Å². The van der Waals surface area contributed by atoms with Crippen LogP contribution in [0.4, 0.5) is 5.82 Å². The minimum atomic E-state index is -0.103. The van der Waals surface area contributed by atoms with Crippen molar-refractivity contribution in [2.45, 2.75) is 13.3 Å². The Morgan fingerprint density at radius 3 is 3.10 bits per heavy atom. The van der Waals surface area contributed by atoms with Crippen molar-refractivity contribution in [3.8, 4) is 0 Å². The van der Waals surface area contributed by atoms with Crippen LogP contribution in [0.25, 0.3) is 0 Å². The maximum atomic E-state index is 12.5. The molecule has 1 fully saturated rings. The van der Waals surface area contributed by atoms with Gasteiger partial charge in [0.1, 0.15) is 11.5 Å². The molecule has 2 heterocycles. The zero-order chi connectivity index (χ0) is 14.5. The lowest BCUT2D eigenvalue weighted by molar-refractivity contribution is 0.0770. The lowest BCUT2D eigenvalue weighted by Crippen LogP contribution is -2.30. The first kappa shape index (κ1) is 15.1. The number of anilines is 1. The summed E-state index contributed by atoms with van der Waals surface area (Å²) in [4.78, 5) is 18.6. The van der Waals surface area contributed by atoms with Gasteiger partial charge in [-0.2, -0.15) is 0 Å². The third kappa shape index (κ3) is 3.41. The molecule has 1 atom stereocenters. The van der Waals surface area contributed by atoms with E-state index in [-0.39, 0.29) is 5.91 Å². The average molecular weight is 298 g/mol. The van der Waals surface area contributed by atoms with Crippen LogP contribution in [0.2, 0.25) is 5.02 Å². The summed E-state index contributed by atoms with van der Waals surface area (Å²) >= 11 is 6.10. The quantitative estimate of drug-likeness (QED) is 0.906. The maximum absolute atomic E-state index is 12.5. The van der Waals surface area contributed by atoms with Crippen LogP contribution >= 0.6 is 11.6 Å². The van der Waals surface area contributed by atoms with E-state index in [2.05, 4.69) is 10.3 Å². The molecule has 1 aliphatic heterocycles. The Labute approximate surface area is 124 Å². The van der Waals surface area contributed by atoms with Crippen molar-refractivity contribution in [1.29, 1.82) is 0 Å². The number of nitrogens with one attached hydrogen (secondary N) is 1. The Morgan fingerprint density at radius 1 is 1.60 bits per heavy atom. The van der Waals surface area contributed by atoms with Crippen LogP contribution in [-0.4, -0.2) is 49.1 Å². The molecular weight excluding hydrogens is 278 g/mol. The van der Waals surface area contributed by atoms with Crippen LogP contribution in [0.1, 0.15) is 23.8 Å². The molecule has 0 radical (unpaired) electrons. The van der Waals surface area contributed by atoms with Crippen molar-refractivity contribution in [2.75, 3.05) is 38.7 Å². The van der Waals surface area contributed by atoms with Gasteiger partial charge in [0.25, 0.3) is 5.91 Å². The van der Waals surface area contributed by atoms with Crippen molar-refractivity contribution in [1.82, 2.24) is 9.88 Å². The summed E-state index contributed by atoms with van der Waals surface area (Å²) in [6, 6.07) is 3.49. The van der Waals surface area contributed by atoms with E-state index < -0.39 is 0 Å².